The lowest BCUT2D eigenvalue weighted by atomic mass is 9.96. The Kier molecular flexibility index (Phi) is 5.44. The van der Waals surface area contributed by atoms with Crippen molar-refractivity contribution >= 4 is 9.84 Å². The first-order valence-electron chi connectivity index (χ1n) is 8.26. The molecule has 0 fully saturated rings. The summed E-state index contributed by atoms with van der Waals surface area (Å²) in [4.78, 5) is -0.918. The Morgan fingerprint density at radius 3 is 2.30 bits per heavy atom. The summed E-state index contributed by atoms with van der Waals surface area (Å²) in [7, 11) is -4.10. The number of benzene rings is 2. The van der Waals surface area contributed by atoms with Gasteiger partial charge in [0.2, 0.25) is 0 Å². The summed E-state index contributed by atoms with van der Waals surface area (Å²) in [6, 6.07) is 4.05. The maximum atomic E-state index is 14.7. The highest BCUT2D eigenvalue weighted by atomic mass is 32.2. The first kappa shape index (κ1) is 21.9. The topological polar surface area (TPSA) is 60.2 Å². The number of aromatic nitrogens is 1. The highest BCUT2D eigenvalue weighted by Crippen LogP contribution is 2.40. The zero-order chi connectivity index (χ0) is 22.4. The van der Waals surface area contributed by atoms with E-state index in [9.17, 15) is 34.8 Å². The molecule has 0 saturated carbocycles. The van der Waals surface area contributed by atoms with Gasteiger partial charge in [0.15, 0.2) is 22.3 Å². The summed E-state index contributed by atoms with van der Waals surface area (Å²) in [5, 5.41) is 3.54. The van der Waals surface area contributed by atoms with E-state index in [1.165, 1.54) is 13.0 Å². The molecule has 30 heavy (non-hydrogen) atoms. The van der Waals surface area contributed by atoms with Crippen LogP contribution in [0.5, 0.6) is 0 Å². The molecule has 3 aromatic rings. The van der Waals surface area contributed by atoms with Gasteiger partial charge in [-0.05, 0) is 30.7 Å². The fourth-order valence-electron chi connectivity index (χ4n) is 2.97. The Bertz CT molecular complexity index is 1230. The standard InChI is InChI=1S/C19H13F6NO3S/c1-9-3-4-10(5-12(9)19(23,24)25)18-17(15(8-20)29-26-18)11-6-14(22)16(7-13(11)21)30(2,27)28/h3-7H,8H2,1-2H3. The Morgan fingerprint density at radius 2 is 1.73 bits per heavy atom. The van der Waals surface area contributed by atoms with Crippen LogP contribution < -0.4 is 0 Å². The predicted molar refractivity (Wildman–Crippen MR) is 95.0 cm³/mol. The van der Waals surface area contributed by atoms with Crippen LogP contribution in [0, 0.1) is 18.6 Å². The average Bonchev–Trinajstić information content (AvgIpc) is 3.05. The number of halogens is 6. The molecule has 2 aromatic carbocycles. The van der Waals surface area contributed by atoms with Crippen molar-refractivity contribution in [1.82, 2.24) is 5.16 Å². The van der Waals surface area contributed by atoms with Crippen LogP contribution in [0.3, 0.4) is 0 Å². The van der Waals surface area contributed by atoms with Crippen LogP contribution in [0.15, 0.2) is 39.8 Å². The van der Waals surface area contributed by atoms with Gasteiger partial charge in [0, 0.05) is 17.4 Å². The van der Waals surface area contributed by atoms with Gasteiger partial charge < -0.3 is 4.52 Å². The van der Waals surface area contributed by atoms with E-state index in [0.29, 0.717) is 18.4 Å². The van der Waals surface area contributed by atoms with Gasteiger partial charge >= 0.3 is 6.18 Å². The van der Waals surface area contributed by atoms with Crippen molar-refractivity contribution in [2.45, 2.75) is 24.7 Å². The van der Waals surface area contributed by atoms with Crippen LogP contribution in [0.4, 0.5) is 26.3 Å². The van der Waals surface area contributed by atoms with Gasteiger partial charge in [-0.2, -0.15) is 13.2 Å². The molecule has 3 rings (SSSR count). The molecule has 160 valence electrons. The summed E-state index contributed by atoms with van der Waals surface area (Å²) < 4.78 is 110. The van der Waals surface area contributed by atoms with Crippen molar-refractivity contribution in [2.75, 3.05) is 6.26 Å². The molecule has 0 aliphatic heterocycles. The molecule has 4 nitrogen and oxygen atoms in total. The SMILES string of the molecule is Cc1ccc(-c2noc(CF)c2-c2cc(F)c(S(C)(=O)=O)cc2F)cc1C(F)(F)F. The minimum absolute atomic E-state index is 0.0864. The van der Waals surface area contributed by atoms with Gasteiger partial charge in [-0.1, -0.05) is 17.3 Å². The van der Waals surface area contributed by atoms with Gasteiger partial charge in [-0.15, -0.1) is 0 Å². The monoisotopic (exact) mass is 449 g/mol. The fraction of sp³-hybridized carbons (Fsp3) is 0.211. The van der Waals surface area contributed by atoms with Crippen LogP contribution in [0.25, 0.3) is 22.4 Å². The quantitative estimate of drug-likeness (QED) is 0.495. The van der Waals surface area contributed by atoms with E-state index >= 15 is 0 Å². The van der Waals surface area contributed by atoms with Gasteiger partial charge in [0.25, 0.3) is 0 Å². The zero-order valence-electron chi connectivity index (χ0n) is 15.4. The van der Waals surface area contributed by atoms with Crippen LogP contribution in [0.1, 0.15) is 16.9 Å². The second-order valence-corrected chi connectivity index (χ2v) is 8.51. The number of rotatable bonds is 4. The Labute approximate surface area is 167 Å². The second-order valence-electron chi connectivity index (χ2n) is 6.53. The van der Waals surface area contributed by atoms with Gasteiger partial charge in [0.05, 0.1) is 11.1 Å². The van der Waals surface area contributed by atoms with Gasteiger partial charge in [0.1, 0.15) is 22.2 Å². The van der Waals surface area contributed by atoms with E-state index < -0.39 is 61.7 Å². The first-order chi connectivity index (χ1) is 13.8. The predicted octanol–water partition coefficient (Wildman–Crippen LogP) is 5.49. The Balaban J connectivity index is 2.28. The Hall–Kier alpha value is -2.82. The summed E-state index contributed by atoms with van der Waals surface area (Å²) in [6.07, 6.45) is -4.02. The zero-order valence-corrected chi connectivity index (χ0v) is 16.3. The fourth-order valence-corrected chi connectivity index (χ4v) is 3.70. The average molecular weight is 449 g/mol. The van der Waals surface area contributed by atoms with E-state index in [1.54, 1.807) is 0 Å². The Morgan fingerprint density at radius 1 is 1.07 bits per heavy atom. The molecule has 1 heterocycles. The third-order valence-electron chi connectivity index (χ3n) is 4.39. The molecule has 0 amide bonds. The summed E-state index contributed by atoms with van der Waals surface area (Å²) >= 11 is 0. The van der Waals surface area contributed by atoms with Crippen LogP contribution >= 0.6 is 0 Å². The lowest BCUT2D eigenvalue weighted by Gasteiger charge is -2.12. The molecule has 11 heteroatoms. The summed E-state index contributed by atoms with van der Waals surface area (Å²) in [5.74, 6) is -3.10. The minimum Gasteiger partial charge on any atom is -0.357 e. The molecule has 0 aliphatic carbocycles. The first-order valence-corrected chi connectivity index (χ1v) is 10.2. The molecule has 0 aliphatic rings. The maximum absolute atomic E-state index is 14.7. The molecular formula is C19H13F6NO3S. The lowest BCUT2D eigenvalue weighted by molar-refractivity contribution is -0.138. The van der Waals surface area contributed by atoms with Crippen molar-refractivity contribution in [1.29, 1.82) is 0 Å². The van der Waals surface area contributed by atoms with Crippen molar-refractivity contribution in [3.63, 3.8) is 0 Å². The highest BCUT2D eigenvalue weighted by molar-refractivity contribution is 7.90. The molecule has 0 spiro atoms. The van der Waals surface area contributed by atoms with Crippen molar-refractivity contribution in [3.8, 4) is 22.4 Å². The largest absolute Gasteiger partial charge is 0.416 e. The number of sulfone groups is 1. The number of alkyl halides is 4. The van der Waals surface area contributed by atoms with Crippen molar-refractivity contribution in [2.24, 2.45) is 0 Å². The number of aryl methyl sites for hydroxylation is 1. The third kappa shape index (κ3) is 3.93. The van der Waals surface area contributed by atoms with Crippen LogP contribution in [0.2, 0.25) is 0 Å². The maximum Gasteiger partial charge on any atom is 0.416 e. The van der Waals surface area contributed by atoms with Crippen LogP contribution in [-0.4, -0.2) is 19.8 Å². The molecule has 1 aromatic heterocycles. The molecule has 0 bridgehead atoms. The van der Waals surface area contributed by atoms with Crippen molar-refractivity contribution in [3.05, 3.63) is 58.9 Å². The second kappa shape index (κ2) is 7.46. The van der Waals surface area contributed by atoms with E-state index in [4.69, 9.17) is 4.52 Å². The molecule has 0 radical (unpaired) electrons. The minimum atomic E-state index is -4.69. The number of hydrogen-bond acceptors (Lipinski definition) is 4. The van der Waals surface area contributed by atoms with Crippen LogP contribution in [-0.2, 0) is 22.7 Å². The van der Waals surface area contributed by atoms with E-state index in [-0.39, 0.29) is 16.8 Å². The van der Waals surface area contributed by atoms with E-state index in [0.717, 1.165) is 12.1 Å². The normalized spacial score (nSPS) is 12.4. The molecule has 0 N–H and O–H groups in total. The van der Waals surface area contributed by atoms with E-state index in [1.807, 2.05) is 0 Å². The molecule has 0 atom stereocenters. The third-order valence-corrected chi connectivity index (χ3v) is 5.50. The van der Waals surface area contributed by atoms with Crippen molar-refractivity contribution < 1.29 is 39.3 Å². The highest BCUT2D eigenvalue weighted by Gasteiger charge is 2.33. The molecule has 0 saturated heterocycles. The lowest BCUT2D eigenvalue weighted by Crippen LogP contribution is -2.07. The smallest absolute Gasteiger partial charge is 0.357 e. The summed E-state index contributed by atoms with van der Waals surface area (Å²) in [6.45, 7) is -0.0720. The number of nitrogens with zero attached hydrogens (tertiary/aromatic N) is 1. The summed E-state index contributed by atoms with van der Waals surface area (Å²) in [5.41, 5.74) is -2.60. The van der Waals surface area contributed by atoms with Gasteiger partial charge in [-0.25, -0.2) is 21.6 Å². The molecule has 0 unspecified atom stereocenters. The molecular weight excluding hydrogens is 436 g/mol. The van der Waals surface area contributed by atoms with E-state index in [2.05, 4.69) is 5.16 Å². The number of hydrogen-bond donors (Lipinski definition) is 0. The van der Waals surface area contributed by atoms with Gasteiger partial charge in [-0.3, -0.25) is 0 Å².